The van der Waals surface area contributed by atoms with Crippen molar-refractivity contribution in [2.75, 3.05) is 6.61 Å². The molecular formula is C32H32F4O. The number of hydrogen-bond donors (Lipinski definition) is 0. The third kappa shape index (κ3) is 6.33. The van der Waals surface area contributed by atoms with Gasteiger partial charge in [-0.2, -0.15) is 4.39 Å². The predicted octanol–water partition coefficient (Wildman–Crippen LogP) is 9.72. The van der Waals surface area contributed by atoms with E-state index in [1.807, 2.05) is 0 Å². The highest BCUT2D eigenvalue weighted by Crippen LogP contribution is 2.37. The quantitative estimate of drug-likeness (QED) is 0.121. The first-order chi connectivity index (χ1) is 17.9. The molecule has 0 spiro atoms. The molecule has 1 aliphatic rings. The summed E-state index contributed by atoms with van der Waals surface area (Å²) in [4.78, 5) is 0. The van der Waals surface area contributed by atoms with E-state index < -0.39 is 23.3 Å². The first-order valence-corrected chi connectivity index (χ1v) is 12.9. The van der Waals surface area contributed by atoms with E-state index in [-0.39, 0.29) is 29.4 Å². The van der Waals surface area contributed by atoms with Gasteiger partial charge in [0, 0.05) is 11.1 Å². The molecule has 0 saturated heterocycles. The maximum absolute atomic E-state index is 14.8. The molecule has 4 rings (SSSR count). The third-order valence-corrected chi connectivity index (χ3v) is 7.13. The van der Waals surface area contributed by atoms with E-state index in [0.29, 0.717) is 23.5 Å². The van der Waals surface area contributed by atoms with Crippen LogP contribution in [-0.4, -0.2) is 6.61 Å². The Morgan fingerprint density at radius 3 is 2.24 bits per heavy atom. The summed E-state index contributed by atoms with van der Waals surface area (Å²) in [5.74, 6) is -3.02. The van der Waals surface area contributed by atoms with Gasteiger partial charge in [-0.3, -0.25) is 0 Å². The summed E-state index contributed by atoms with van der Waals surface area (Å²) >= 11 is 0. The van der Waals surface area contributed by atoms with E-state index in [1.54, 1.807) is 48.6 Å². The molecule has 194 valence electrons. The number of rotatable bonds is 9. The standard InChI is InChI=1S/C32H32F4O/c1-3-4-5-20-37-28-19-18-27(31(35)32(28)36)24-13-8-22(9-14-24)10-15-25-16-17-26(30(34)29(25)33)23-11-6-21(2)7-12-23/h3,8-10,13-19,21,23H,1,4-7,11-12,20H2,2H3/b15-10+. The average Bonchev–Trinajstić information content (AvgIpc) is 2.91. The van der Waals surface area contributed by atoms with E-state index in [1.165, 1.54) is 18.2 Å². The van der Waals surface area contributed by atoms with Gasteiger partial charge in [0.1, 0.15) is 0 Å². The van der Waals surface area contributed by atoms with Crippen molar-refractivity contribution in [3.63, 3.8) is 0 Å². The van der Waals surface area contributed by atoms with Gasteiger partial charge in [0.05, 0.1) is 6.61 Å². The highest BCUT2D eigenvalue weighted by atomic mass is 19.2. The van der Waals surface area contributed by atoms with E-state index in [0.717, 1.165) is 37.7 Å². The molecule has 0 heterocycles. The number of hydrogen-bond acceptors (Lipinski definition) is 1. The van der Waals surface area contributed by atoms with Gasteiger partial charge in [-0.1, -0.05) is 74.4 Å². The zero-order valence-electron chi connectivity index (χ0n) is 21.1. The van der Waals surface area contributed by atoms with E-state index in [2.05, 4.69) is 13.5 Å². The summed E-state index contributed by atoms with van der Waals surface area (Å²) in [6, 6.07) is 13.0. The molecule has 0 atom stereocenters. The second-order valence-corrected chi connectivity index (χ2v) is 9.80. The van der Waals surface area contributed by atoms with Crippen molar-refractivity contribution in [1.82, 2.24) is 0 Å². The van der Waals surface area contributed by atoms with Crippen LogP contribution in [0.5, 0.6) is 5.75 Å². The Bertz CT molecular complexity index is 1250. The van der Waals surface area contributed by atoms with Gasteiger partial charge in [0.2, 0.25) is 5.82 Å². The molecule has 1 aliphatic carbocycles. The minimum Gasteiger partial charge on any atom is -0.490 e. The molecule has 1 nitrogen and oxygen atoms in total. The number of benzene rings is 3. The van der Waals surface area contributed by atoms with Crippen LogP contribution in [0.1, 0.15) is 68.1 Å². The van der Waals surface area contributed by atoms with E-state index in [4.69, 9.17) is 4.74 Å². The monoisotopic (exact) mass is 508 g/mol. The molecule has 0 N–H and O–H groups in total. The van der Waals surface area contributed by atoms with Gasteiger partial charge in [0.25, 0.3) is 0 Å². The summed E-state index contributed by atoms with van der Waals surface area (Å²) in [5.41, 5.74) is 1.97. The number of ether oxygens (including phenoxy) is 1. The largest absolute Gasteiger partial charge is 0.490 e. The predicted molar refractivity (Wildman–Crippen MR) is 142 cm³/mol. The smallest absolute Gasteiger partial charge is 0.201 e. The molecule has 0 aliphatic heterocycles. The van der Waals surface area contributed by atoms with Crippen molar-refractivity contribution in [3.05, 3.63) is 101 Å². The molecule has 0 radical (unpaired) electrons. The van der Waals surface area contributed by atoms with Gasteiger partial charge in [-0.05, 0) is 66.3 Å². The van der Waals surface area contributed by atoms with E-state index in [9.17, 15) is 17.6 Å². The average molecular weight is 509 g/mol. The fraction of sp³-hybridized carbons (Fsp3) is 0.312. The molecule has 1 fully saturated rings. The van der Waals surface area contributed by atoms with Gasteiger partial charge in [-0.25, -0.2) is 13.2 Å². The van der Waals surface area contributed by atoms with Crippen LogP contribution < -0.4 is 4.74 Å². The molecule has 5 heteroatoms. The molecule has 0 bridgehead atoms. The Kier molecular flexibility index (Phi) is 8.86. The molecule has 1 saturated carbocycles. The molecule has 0 unspecified atom stereocenters. The lowest BCUT2D eigenvalue weighted by Crippen LogP contribution is -2.13. The Morgan fingerprint density at radius 2 is 1.54 bits per heavy atom. The third-order valence-electron chi connectivity index (χ3n) is 7.13. The van der Waals surface area contributed by atoms with Crippen LogP contribution in [0.4, 0.5) is 17.6 Å². The number of allylic oxidation sites excluding steroid dienone is 1. The number of unbranched alkanes of at least 4 members (excludes halogenated alkanes) is 1. The SMILES string of the molecule is C=CCCCOc1ccc(-c2ccc(/C=C/c3ccc(C4CCC(C)CC4)c(F)c3F)cc2)c(F)c1F. The van der Waals surface area contributed by atoms with Crippen molar-refractivity contribution < 1.29 is 22.3 Å². The normalized spacial score (nSPS) is 17.8. The Balaban J connectivity index is 1.45. The lowest BCUT2D eigenvalue weighted by Gasteiger charge is -2.27. The van der Waals surface area contributed by atoms with Crippen molar-refractivity contribution in [1.29, 1.82) is 0 Å². The fourth-order valence-electron chi connectivity index (χ4n) is 4.83. The molecule has 0 amide bonds. The van der Waals surface area contributed by atoms with Gasteiger partial charge < -0.3 is 4.74 Å². The zero-order valence-corrected chi connectivity index (χ0v) is 21.1. The minimum absolute atomic E-state index is 0.0689. The van der Waals surface area contributed by atoms with Crippen molar-refractivity contribution in [2.45, 2.75) is 51.4 Å². The van der Waals surface area contributed by atoms with Crippen LogP contribution >= 0.6 is 0 Å². The maximum atomic E-state index is 14.8. The molecule has 0 aromatic heterocycles. The molecular weight excluding hydrogens is 476 g/mol. The highest BCUT2D eigenvalue weighted by Gasteiger charge is 2.24. The van der Waals surface area contributed by atoms with Crippen LogP contribution in [0.15, 0.2) is 61.2 Å². The Hall–Kier alpha value is -3.34. The first-order valence-electron chi connectivity index (χ1n) is 12.9. The van der Waals surface area contributed by atoms with Crippen molar-refractivity contribution in [2.24, 2.45) is 5.92 Å². The summed E-state index contributed by atoms with van der Waals surface area (Å²) in [5, 5.41) is 0. The Morgan fingerprint density at radius 1 is 0.811 bits per heavy atom. The minimum atomic E-state index is -1.02. The zero-order chi connectivity index (χ0) is 26.4. The van der Waals surface area contributed by atoms with Crippen LogP contribution in [-0.2, 0) is 0 Å². The van der Waals surface area contributed by atoms with Gasteiger partial charge >= 0.3 is 0 Å². The topological polar surface area (TPSA) is 9.23 Å². The fourth-order valence-corrected chi connectivity index (χ4v) is 4.83. The van der Waals surface area contributed by atoms with Crippen molar-refractivity contribution in [3.8, 4) is 16.9 Å². The lowest BCUT2D eigenvalue weighted by molar-refractivity contribution is 0.291. The first kappa shape index (κ1) is 26.7. The second-order valence-electron chi connectivity index (χ2n) is 9.80. The lowest BCUT2D eigenvalue weighted by atomic mass is 9.79. The summed E-state index contributed by atoms with van der Waals surface area (Å²) in [6.45, 7) is 6.09. The Labute approximate surface area is 216 Å². The van der Waals surface area contributed by atoms with Crippen LogP contribution in [0, 0.1) is 29.2 Å². The summed E-state index contributed by atoms with van der Waals surface area (Å²) in [7, 11) is 0. The maximum Gasteiger partial charge on any atom is 0.201 e. The van der Waals surface area contributed by atoms with Crippen molar-refractivity contribution >= 4 is 12.2 Å². The summed E-state index contributed by atoms with van der Waals surface area (Å²) < 4.78 is 64.1. The van der Waals surface area contributed by atoms with Crippen LogP contribution in [0.2, 0.25) is 0 Å². The van der Waals surface area contributed by atoms with Crippen LogP contribution in [0.3, 0.4) is 0 Å². The molecule has 3 aromatic rings. The second kappa shape index (κ2) is 12.3. The number of halogens is 4. The highest BCUT2D eigenvalue weighted by molar-refractivity contribution is 5.73. The van der Waals surface area contributed by atoms with E-state index >= 15 is 0 Å². The molecule has 37 heavy (non-hydrogen) atoms. The van der Waals surface area contributed by atoms with Gasteiger partial charge in [0.15, 0.2) is 23.2 Å². The van der Waals surface area contributed by atoms with Gasteiger partial charge in [-0.15, -0.1) is 6.58 Å². The summed E-state index contributed by atoms with van der Waals surface area (Å²) in [6.07, 6.45) is 10.2. The molecule has 3 aromatic carbocycles. The van der Waals surface area contributed by atoms with Crippen LogP contribution in [0.25, 0.3) is 23.3 Å².